The van der Waals surface area contributed by atoms with Gasteiger partial charge in [-0.05, 0) is 12.8 Å². The Morgan fingerprint density at radius 1 is 0.136 bits per heavy atom. The lowest BCUT2D eigenvalue weighted by Crippen LogP contribution is -2.15. The summed E-state index contributed by atoms with van der Waals surface area (Å²) < 4.78 is 72.2. The van der Waals surface area contributed by atoms with Crippen LogP contribution in [-0.4, -0.2) is 172 Å². The zero-order valence-electron chi connectivity index (χ0n) is 38.4. The molecule has 0 spiro atoms. The monoisotopic (exact) mass is 855 g/mol. The van der Waals surface area contributed by atoms with Crippen LogP contribution in [0.2, 0.25) is 0 Å². The molecule has 0 N–H and O–H groups in total. The predicted octanol–water partition coefficient (Wildman–Crippen LogP) is 8.26. The fourth-order valence-corrected chi connectivity index (χ4v) is 5.77. The van der Waals surface area contributed by atoms with Crippen LogP contribution in [0.5, 0.6) is 0 Å². The molecule has 0 aromatic carbocycles. The molecular formula is C46H94O13. The molecule has 0 amide bonds. The molecule has 0 aliphatic rings. The van der Waals surface area contributed by atoms with Crippen molar-refractivity contribution in [3.63, 3.8) is 0 Å². The molecule has 0 fully saturated rings. The van der Waals surface area contributed by atoms with Gasteiger partial charge in [0.25, 0.3) is 0 Å². The smallest absolute Gasteiger partial charge is 0.0701 e. The predicted molar refractivity (Wildman–Crippen MR) is 235 cm³/mol. The third kappa shape index (κ3) is 57.5. The summed E-state index contributed by atoms with van der Waals surface area (Å²) in [5, 5.41) is 0. The summed E-state index contributed by atoms with van der Waals surface area (Å²) >= 11 is 0. The van der Waals surface area contributed by atoms with E-state index in [1.54, 1.807) is 0 Å². The number of hydrogen-bond acceptors (Lipinski definition) is 13. The molecule has 0 aliphatic carbocycles. The summed E-state index contributed by atoms with van der Waals surface area (Å²) in [6.45, 7) is 19.4. The van der Waals surface area contributed by atoms with Crippen LogP contribution in [0.4, 0.5) is 0 Å². The van der Waals surface area contributed by atoms with E-state index in [1.807, 2.05) is 0 Å². The Balaban J connectivity index is 3.06. The summed E-state index contributed by atoms with van der Waals surface area (Å²) in [7, 11) is 0. The summed E-state index contributed by atoms with van der Waals surface area (Å²) in [4.78, 5) is 0. The van der Waals surface area contributed by atoms with Crippen LogP contribution >= 0.6 is 0 Å². The average Bonchev–Trinajstić information content (AvgIpc) is 3.25. The second-order valence-electron chi connectivity index (χ2n) is 14.6. The molecule has 0 saturated heterocycles. The highest BCUT2D eigenvalue weighted by molar-refractivity contribution is 4.48. The van der Waals surface area contributed by atoms with Crippen LogP contribution in [0, 0.1) is 0 Å². The summed E-state index contributed by atoms with van der Waals surface area (Å²) in [5.74, 6) is 0. The molecular weight excluding hydrogens is 760 g/mol. The first-order valence-electron chi connectivity index (χ1n) is 23.9. The molecule has 59 heavy (non-hydrogen) atoms. The molecule has 0 bridgehead atoms. The van der Waals surface area contributed by atoms with Crippen molar-refractivity contribution >= 4 is 0 Å². The highest BCUT2D eigenvalue weighted by atomic mass is 16.6. The van der Waals surface area contributed by atoms with Crippen LogP contribution in [0.3, 0.4) is 0 Å². The molecule has 0 unspecified atom stereocenters. The fraction of sp³-hybridized carbons (Fsp3) is 1.00. The van der Waals surface area contributed by atoms with E-state index in [0.717, 1.165) is 26.1 Å². The van der Waals surface area contributed by atoms with Gasteiger partial charge in [-0.2, -0.15) is 0 Å². The first-order chi connectivity index (χ1) is 29.4. The van der Waals surface area contributed by atoms with E-state index in [-0.39, 0.29) is 0 Å². The van der Waals surface area contributed by atoms with Crippen molar-refractivity contribution in [2.75, 3.05) is 172 Å². The van der Waals surface area contributed by atoms with E-state index in [1.165, 1.54) is 103 Å². The quantitative estimate of drug-likeness (QED) is 0.0547. The Morgan fingerprint density at radius 3 is 0.407 bits per heavy atom. The van der Waals surface area contributed by atoms with Crippen LogP contribution < -0.4 is 0 Å². The highest BCUT2D eigenvalue weighted by Crippen LogP contribution is 2.11. The van der Waals surface area contributed by atoms with Gasteiger partial charge in [-0.3, -0.25) is 0 Å². The minimum Gasteiger partial charge on any atom is -0.379 e. The van der Waals surface area contributed by atoms with Crippen molar-refractivity contribution in [2.24, 2.45) is 0 Å². The summed E-state index contributed by atoms with van der Waals surface area (Å²) in [5.41, 5.74) is 0. The third-order valence-electron chi connectivity index (χ3n) is 9.25. The highest BCUT2D eigenvalue weighted by Gasteiger charge is 1.99. The molecule has 13 heteroatoms. The van der Waals surface area contributed by atoms with Crippen LogP contribution in [0.15, 0.2) is 0 Å². The van der Waals surface area contributed by atoms with Crippen LogP contribution in [0.1, 0.15) is 129 Å². The van der Waals surface area contributed by atoms with Gasteiger partial charge in [0.05, 0.1) is 159 Å². The van der Waals surface area contributed by atoms with Gasteiger partial charge in [-0.15, -0.1) is 0 Å². The number of unbranched alkanes of at least 4 members (excludes halogenated alkanes) is 16. The van der Waals surface area contributed by atoms with Crippen molar-refractivity contribution in [3.8, 4) is 0 Å². The summed E-state index contributed by atoms with van der Waals surface area (Å²) in [6, 6.07) is 0. The maximum Gasteiger partial charge on any atom is 0.0701 e. The number of ether oxygens (including phenoxy) is 13. The first-order valence-corrected chi connectivity index (χ1v) is 23.9. The lowest BCUT2D eigenvalue weighted by atomic mass is 10.1. The second kappa shape index (κ2) is 57.5. The van der Waals surface area contributed by atoms with Gasteiger partial charge in [-0.1, -0.05) is 117 Å². The SMILES string of the molecule is CCCCCCCCCCCCOCCOCCOCCOCCOCCOCCOCCOCCOCCOCCOCCOCCOCCCCCCCCCC. The normalized spacial score (nSPS) is 11.7. The van der Waals surface area contributed by atoms with Crippen LogP contribution in [0.25, 0.3) is 0 Å². The van der Waals surface area contributed by atoms with E-state index in [0.29, 0.717) is 159 Å². The third-order valence-corrected chi connectivity index (χ3v) is 9.25. The lowest BCUT2D eigenvalue weighted by molar-refractivity contribution is -0.0290. The lowest BCUT2D eigenvalue weighted by Gasteiger charge is -2.09. The number of hydrogen-bond donors (Lipinski definition) is 0. The van der Waals surface area contributed by atoms with Gasteiger partial charge in [0.1, 0.15) is 0 Å². The maximum atomic E-state index is 5.66. The molecule has 356 valence electrons. The van der Waals surface area contributed by atoms with Gasteiger partial charge in [0.2, 0.25) is 0 Å². The van der Waals surface area contributed by atoms with E-state index < -0.39 is 0 Å². The van der Waals surface area contributed by atoms with Crippen molar-refractivity contribution in [3.05, 3.63) is 0 Å². The zero-order chi connectivity index (χ0) is 42.3. The largest absolute Gasteiger partial charge is 0.379 e. The van der Waals surface area contributed by atoms with Crippen molar-refractivity contribution < 1.29 is 61.6 Å². The Labute approximate surface area is 362 Å². The molecule has 0 saturated carbocycles. The van der Waals surface area contributed by atoms with Gasteiger partial charge in [0.15, 0.2) is 0 Å². The van der Waals surface area contributed by atoms with E-state index in [9.17, 15) is 0 Å². The molecule has 0 atom stereocenters. The van der Waals surface area contributed by atoms with Gasteiger partial charge in [-0.25, -0.2) is 0 Å². The summed E-state index contributed by atoms with van der Waals surface area (Å²) in [6.07, 6.45) is 23.9. The average molecular weight is 855 g/mol. The van der Waals surface area contributed by atoms with Gasteiger partial charge in [0, 0.05) is 13.2 Å². The fourth-order valence-electron chi connectivity index (χ4n) is 5.77. The Kier molecular flexibility index (Phi) is 57.0. The first kappa shape index (κ1) is 58.5. The molecule has 0 aromatic rings. The van der Waals surface area contributed by atoms with E-state index >= 15 is 0 Å². The topological polar surface area (TPSA) is 120 Å². The second-order valence-corrected chi connectivity index (χ2v) is 14.6. The van der Waals surface area contributed by atoms with E-state index in [4.69, 9.17) is 61.6 Å². The van der Waals surface area contributed by atoms with Crippen molar-refractivity contribution in [1.82, 2.24) is 0 Å². The Bertz CT molecular complexity index is 654. The minimum atomic E-state index is 0.518. The molecule has 13 nitrogen and oxygen atoms in total. The maximum absolute atomic E-state index is 5.66. The van der Waals surface area contributed by atoms with Gasteiger partial charge < -0.3 is 61.6 Å². The molecule has 0 aliphatic heterocycles. The van der Waals surface area contributed by atoms with E-state index in [2.05, 4.69) is 13.8 Å². The van der Waals surface area contributed by atoms with Crippen LogP contribution in [-0.2, 0) is 61.6 Å². The van der Waals surface area contributed by atoms with Crippen molar-refractivity contribution in [1.29, 1.82) is 0 Å². The van der Waals surface area contributed by atoms with Crippen molar-refractivity contribution in [2.45, 2.75) is 129 Å². The molecule has 0 rings (SSSR count). The molecule has 0 radical (unpaired) electrons. The molecule has 0 heterocycles. The Morgan fingerprint density at radius 2 is 0.254 bits per heavy atom. The zero-order valence-corrected chi connectivity index (χ0v) is 38.4. The number of rotatable bonds is 56. The Hall–Kier alpha value is -0.520. The standard InChI is InChI=1S/C46H94O13/c1-3-5-7-9-11-13-14-16-18-20-22-48-24-26-50-28-30-52-32-34-54-36-38-56-40-42-58-44-46-59-45-43-57-41-39-55-37-35-53-33-31-51-29-27-49-25-23-47-21-19-17-15-12-10-8-6-4-2/h3-46H2,1-2H3. The molecule has 0 aromatic heterocycles. The minimum absolute atomic E-state index is 0.518. The van der Waals surface area contributed by atoms with Gasteiger partial charge >= 0.3 is 0 Å².